The second-order valence-electron chi connectivity index (χ2n) is 6.68. The van der Waals surface area contributed by atoms with Gasteiger partial charge in [-0.1, -0.05) is 38.3 Å². The third-order valence-corrected chi connectivity index (χ3v) is 5.22. The molecular weight excluding hydrogens is 260 g/mol. The summed E-state index contributed by atoms with van der Waals surface area (Å²) in [4.78, 5) is 4.72. The van der Waals surface area contributed by atoms with Crippen molar-refractivity contribution in [2.45, 2.75) is 57.5 Å². The molecule has 1 saturated carbocycles. The monoisotopic (exact) mass is 286 g/mol. The van der Waals surface area contributed by atoms with E-state index in [0.717, 1.165) is 48.5 Å². The Morgan fingerprint density at radius 3 is 2.86 bits per heavy atom. The lowest BCUT2D eigenvalue weighted by atomic mass is 9.89. The fourth-order valence-corrected chi connectivity index (χ4v) is 3.69. The van der Waals surface area contributed by atoms with Gasteiger partial charge in [0.15, 0.2) is 0 Å². The summed E-state index contributed by atoms with van der Waals surface area (Å²) >= 11 is 0. The van der Waals surface area contributed by atoms with E-state index >= 15 is 0 Å². The molecule has 114 valence electrons. The van der Waals surface area contributed by atoms with Gasteiger partial charge in [0, 0.05) is 13.5 Å². The summed E-state index contributed by atoms with van der Waals surface area (Å²) in [5.74, 6) is 1.80. The van der Waals surface area contributed by atoms with Crippen molar-refractivity contribution in [2.24, 2.45) is 13.0 Å². The molecule has 0 radical (unpaired) electrons. The zero-order valence-electron chi connectivity index (χ0n) is 13.2. The largest absolute Gasteiger partial charge is 0.389 e. The van der Waals surface area contributed by atoms with Crippen molar-refractivity contribution in [3.05, 3.63) is 30.1 Å². The summed E-state index contributed by atoms with van der Waals surface area (Å²) in [6, 6.07) is 8.20. The van der Waals surface area contributed by atoms with Crippen LogP contribution in [0.2, 0.25) is 0 Å². The minimum absolute atomic E-state index is 0.570. The Kier molecular flexibility index (Phi) is 4.03. The van der Waals surface area contributed by atoms with Crippen LogP contribution in [0.4, 0.5) is 0 Å². The van der Waals surface area contributed by atoms with Gasteiger partial charge in [-0.3, -0.25) is 0 Å². The summed E-state index contributed by atoms with van der Waals surface area (Å²) in [6.45, 7) is 2.26. The SMILES string of the molecule is CCC1CCCC(O)(Cc2nc3ccccc3n2C)CC1. The van der Waals surface area contributed by atoms with E-state index in [0.29, 0.717) is 6.42 Å². The molecule has 2 atom stereocenters. The lowest BCUT2D eigenvalue weighted by molar-refractivity contribution is 0.0218. The number of aryl methyl sites for hydroxylation is 1. The van der Waals surface area contributed by atoms with E-state index in [4.69, 9.17) is 4.98 Å². The third kappa shape index (κ3) is 2.98. The Labute approximate surface area is 127 Å². The van der Waals surface area contributed by atoms with Crippen molar-refractivity contribution >= 4 is 11.0 Å². The van der Waals surface area contributed by atoms with Gasteiger partial charge < -0.3 is 9.67 Å². The molecule has 2 aromatic rings. The van der Waals surface area contributed by atoms with E-state index in [1.165, 1.54) is 12.8 Å². The van der Waals surface area contributed by atoms with Gasteiger partial charge in [-0.2, -0.15) is 0 Å². The molecule has 3 heteroatoms. The van der Waals surface area contributed by atoms with Crippen molar-refractivity contribution in [3.63, 3.8) is 0 Å². The molecular formula is C18H26N2O. The highest BCUT2D eigenvalue weighted by Gasteiger charge is 2.32. The van der Waals surface area contributed by atoms with Crippen LogP contribution < -0.4 is 0 Å². The molecule has 1 aliphatic carbocycles. The standard InChI is InChI=1S/C18H26N2O/c1-3-14-7-6-11-18(21,12-10-14)13-17-19-15-8-4-5-9-16(15)20(17)2/h4-5,8-9,14,21H,3,6-7,10-13H2,1-2H3. The number of hydrogen-bond acceptors (Lipinski definition) is 2. The number of nitrogens with zero attached hydrogens (tertiary/aromatic N) is 2. The quantitative estimate of drug-likeness (QED) is 0.871. The molecule has 0 bridgehead atoms. The molecule has 1 N–H and O–H groups in total. The first-order valence-corrected chi connectivity index (χ1v) is 8.24. The van der Waals surface area contributed by atoms with Crippen LogP contribution in [0.5, 0.6) is 0 Å². The summed E-state index contributed by atoms with van der Waals surface area (Å²) in [7, 11) is 2.06. The molecule has 1 fully saturated rings. The molecule has 21 heavy (non-hydrogen) atoms. The lowest BCUT2D eigenvalue weighted by Gasteiger charge is -2.26. The van der Waals surface area contributed by atoms with Gasteiger partial charge in [0.25, 0.3) is 0 Å². The number of fused-ring (bicyclic) bond motifs is 1. The van der Waals surface area contributed by atoms with Crippen LogP contribution in [-0.2, 0) is 13.5 Å². The van der Waals surface area contributed by atoms with Crippen LogP contribution in [0, 0.1) is 5.92 Å². The van der Waals surface area contributed by atoms with Crippen LogP contribution in [0.15, 0.2) is 24.3 Å². The van der Waals surface area contributed by atoms with Crippen molar-refractivity contribution < 1.29 is 5.11 Å². The van der Waals surface area contributed by atoms with Crippen molar-refractivity contribution in [3.8, 4) is 0 Å². The molecule has 0 spiro atoms. The Hall–Kier alpha value is -1.35. The molecule has 0 amide bonds. The fraction of sp³-hybridized carbons (Fsp3) is 0.611. The third-order valence-electron chi connectivity index (χ3n) is 5.22. The number of imidazole rings is 1. The van der Waals surface area contributed by atoms with Crippen molar-refractivity contribution in [1.29, 1.82) is 0 Å². The highest BCUT2D eigenvalue weighted by Crippen LogP contribution is 2.34. The first kappa shape index (κ1) is 14.6. The molecule has 1 heterocycles. The summed E-state index contributed by atoms with van der Waals surface area (Å²) in [6.07, 6.45) is 7.29. The molecule has 1 aliphatic rings. The zero-order chi connectivity index (χ0) is 14.9. The first-order chi connectivity index (χ1) is 10.1. The molecule has 0 saturated heterocycles. The van der Waals surface area contributed by atoms with Gasteiger partial charge >= 0.3 is 0 Å². The summed E-state index contributed by atoms with van der Waals surface area (Å²) in [5.41, 5.74) is 1.61. The van der Waals surface area contributed by atoms with Gasteiger partial charge in [-0.05, 0) is 37.3 Å². The van der Waals surface area contributed by atoms with Gasteiger partial charge in [-0.25, -0.2) is 4.98 Å². The fourth-order valence-electron chi connectivity index (χ4n) is 3.69. The molecule has 0 aliphatic heterocycles. The summed E-state index contributed by atoms with van der Waals surface area (Å²) in [5, 5.41) is 11.0. The number of para-hydroxylation sites is 2. The van der Waals surface area contributed by atoms with Crippen LogP contribution in [-0.4, -0.2) is 20.3 Å². The van der Waals surface area contributed by atoms with E-state index in [2.05, 4.69) is 24.6 Å². The second-order valence-corrected chi connectivity index (χ2v) is 6.68. The van der Waals surface area contributed by atoms with E-state index in [1.54, 1.807) is 0 Å². The van der Waals surface area contributed by atoms with Crippen LogP contribution in [0.3, 0.4) is 0 Å². The predicted octanol–water partition coefficient (Wildman–Crippen LogP) is 3.84. The van der Waals surface area contributed by atoms with Gasteiger partial charge in [-0.15, -0.1) is 0 Å². The van der Waals surface area contributed by atoms with Crippen LogP contribution in [0.25, 0.3) is 11.0 Å². The Morgan fingerprint density at radius 1 is 1.29 bits per heavy atom. The van der Waals surface area contributed by atoms with Gasteiger partial charge in [0.2, 0.25) is 0 Å². The topological polar surface area (TPSA) is 38.1 Å². The maximum absolute atomic E-state index is 11.0. The molecule has 2 unspecified atom stereocenters. The van der Waals surface area contributed by atoms with Gasteiger partial charge in [0.05, 0.1) is 16.6 Å². The highest BCUT2D eigenvalue weighted by molar-refractivity contribution is 5.75. The molecule has 3 nitrogen and oxygen atoms in total. The maximum Gasteiger partial charge on any atom is 0.112 e. The van der Waals surface area contributed by atoms with Gasteiger partial charge in [0.1, 0.15) is 5.82 Å². The Morgan fingerprint density at radius 2 is 2.10 bits per heavy atom. The van der Waals surface area contributed by atoms with Crippen molar-refractivity contribution in [2.75, 3.05) is 0 Å². The lowest BCUT2D eigenvalue weighted by Crippen LogP contribution is -2.32. The maximum atomic E-state index is 11.0. The molecule has 1 aromatic carbocycles. The van der Waals surface area contributed by atoms with E-state index in [-0.39, 0.29) is 0 Å². The Balaban J connectivity index is 1.82. The molecule has 3 rings (SSSR count). The average molecular weight is 286 g/mol. The second kappa shape index (κ2) is 5.80. The van der Waals surface area contributed by atoms with E-state index in [9.17, 15) is 5.11 Å². The highest BCUT2D eigenvalue weighted by atomic mass is 16.3. The number of aliphatic hydroxyl groups is 1. The number of hydrogen-bond donors (Lipinski definition) is 1. The number of rotatable bonds is 3. The first-order valence-electron chi connectivity index (χ1n) is 8.24. The summed E-state index contributed by atoms with van der Waals surface area (Å²) < 4.78 is 2.13. The Bertz CT molecular complexity index is 619. The average Bonchev–Trinajstić information content (AvgIpc) is 2.67. The predicted molar refractivity (Wildman–Crippen MR) is 86.2 cm³/mol. The van der Waals surface area contributed by atoms with Crippen LogP contribution in [0.1, 0.15) is 51.3 Å². The van der Waals surface area contributed by atoms with E-state index in [1.807, 2.05) is 18.2 Å². The van der Waals surface area contributed by atoms with Crippen molar-refractivity contribution in [1.82, 2.24) is 9.55 Å². The minimum Gasteiger partial charge on any atom is -0.389 e. The molecule has 1 aromatic heterocycles. The normalized spacial score (nSPS) is 26.9. The number of aromatic nitrogens is 2. The van der Waals surface area contributed by atoms with E-state index < -0.39 is 5.60 Å². The van der Waals surface area contributed by atoms with Crippen LogP contribution >= 0.6 is 0 Å². The minimum atomic E-state index is -0.570. The zero-order valence-corrected chi connectivity index (χ0v) is 13.2. The smallest absolute Gasteiger partial charge is 0.112 e. The number of benzene rings is 1.